The molecule has 1 fully saturated rings. The summed E-state index contributed by atoms with van der Waals surface area (Å²) in [6.07, 6.45) is 4.94. The van der Waals surface area contributed by atoms with Gasteiger partial charge in [0, 0.05) is 6.07 Å². The van der Waals surface area contributed by atoms with Crippen LogP contribution in [0.3, 0.4) is 0 Å². The minimum absolute atomic E-state index is 0.134. The van der Waals surface area contributed by atoms with Gasteiger partial charge in [-0.2, -0.15) is 0 Å². The van der Waals surface area contributed by atoms with Crippen molar-refractivity contribution >= 4 is 23.5 Å². The molecule has 2 atom stereocenters. The molecule has 0 radical (unpaired) electrons. The summed E-state index contributed by atoms with van der Waals surface area (Å²) in [5.41, 5.74) is 0.159. The number of anilines is 1. The fraction of sp³-hybridized carbons (Fsp3) is 0.190. The van der Waals surface area contributed by atoms with E-state index in [4.69, 9.17) is 4.74 Å². The van der Waals surface area contributed by atoms with Crippen molar-refractivity contribution in [1.29, 1.82) is 0 Å². The molecule has 2 aromatic rings. The van der Waals surface area contributed by atoms with Crippen molar-refractivity contribution < 1.29 is 23.5 Å². The maximum Gasteiger partial charge on any atom is 0.346 e. The fourth-order valence-electron chi connectivity index (χ4n) is 3.53. The number of carbonyl (C=O) groups excluding carboxylic acids is 3. The van der Waals surface area contributed by atoms with E-state index in [2.05, 4.69) is 0 Å². The molecule has 2 unspecified atom stereocenters. The van der Waals surface area contributed by atoms with E-state index in [-0.39, 0.29) is 35.0 Å². The highest BCUT2D eigenvalue weighted by Crippen LogP contribution is 2.38. The van der Waals surface area contributed by atoms with Gasteiger partial charge in [-0.1, -0.05) is 30.4 Å². The van der Waals surface area contributed by atoms with Gasteiger partial charge in [0.25, 0.3) is 0 Å². The van der Waals surface area contributed by atoms with E-state index in [0.29, 0.717) is 18.5 Å². The smallest absolute Gasteiger partial charge is 0.346 e. The van der Waals surface area contributed by atoms with E-state index in [1.807, 2.05) is 12.2 Å². The molecule has 2 aromatic carbocycles. The quantitative estimate of drug-likeness (QED) is 0.361. The van der Waals surface area contributed by atoms with E-state index in [1.165, 1.54) is 36.4 Å². The van der Waals surface area contributed by atoms with Crippen molar-refractivity contribution in [3.05, 3.63) is 72.1 Å². The molecule has 0 aromatic heterocycles. The number of carbonyl (C=O) groups is 3. The van der Waals surface area contributed by atoms with Gasteiger partial charge in [-0.25, -0.2) is 14.1 Å². The van der Waals surface area contributed by atoms with E-state index in [1.54, 1.807) is 12.1 Å². The molecular formula is C21H16FNO4. The van der Waals surface area contributed by atoms with E-state index >= 15 is 0 Å². The molecule has 1 aliphatic heterocycles. The van der Waals surface area contributed by atoms with Gasteiger partial charge in [-0.15, -0.1) is 0 Å². The summed E-state index contributed by atoms with van der Waals surface area (Å²) in [4.78, 5) is 38.7. The summed E-state index contributed by atoms with van der Waals surface area (Å²) < 4.78 is 19.0. The van der Waals surface area contributed by atoms with Crippen molar-refractivity contribution in [2.45, 2.75) is 12.8 Å². The molecule has 2 amide bonds. The van der Waals surface area contributed by atoms with Crippen LogP contribution in [0.25, 0.3) is 0 Å². The van der Waals surface area contributed by atoms with Crippen molar-refractivity contribution in [3.8, 4) is 5.75 Å². The van der Waals surface area contributed by atoms with Crippen LogP contribution in [0.15, 0.2) is 60.7 Å². The van der Waals surface area contributed by atoms with Gasteiger partial charge in [0.15, 0.2) is 0 Å². The summed E-state index contributed by atoms with van der Waals surface area (Å²) in [5, 5.41) is 0. The number of esters is 1. The largest absolute Gasteiger partial charge is 0.423 e. The Morgan fingerprint density at radius 1 is 0.963 bits per heavy atom. The molecule has 0 N–H and O–H groups in total. The molecule has 0 spiro atoms. The number of hydrogen-bond donors (Lipinski definition) is 0. The van der Waals surface area contributed by atoms with Gasteiger partial charge < -0.3 is 4.74 Å². The average molecular weight is 365 g/mol. The third-order valence-electron chi connectivity index (χ3n) is 4.89. The van der Waals surface area contributed by atoms with E-state index < -0.39 is 11.8 Å². The Hall–Kier alpha value is -3.28. The lowest BCUT2D eigenvalue weighted by atomic mass is 9.85. The zero-order valence-corrected chi connectivity index (χ0v) is 14.3. The number of rotatable bonds is 3. The first-order valence-electron chi connectivity index (χ1n) is 8.66. The summed E-state index contributed by atoms with van der Waals surface area (Å²) in [6, 6.07) is 11.7. The molecule has 1 aliphatic carbocycles. The van der Waals surface area contributed by atoms with Crippen molar-refractivity contribution in [2.75, 3.05) is 4.90 Å². The first-order chi connectivity index (χ1) is 13.1. The minimum Gasteiger partial charge on any atom is -0.423 e. The molecule has 0 bridgehead atoms. The molecule has 2 aliphatic rings. The van der Waals surface area contributed by atoms with Crippen molar-refractivity contribution in [1.82, 2.24) is 0 Å². The second kappa shape index (κ2) is 6.79. The van der Waals surface area contributed by atoms with E-state index in [9.17, 15) is 18.8 Å². The lowest BCUT2D eigenvalue weighted by Gasteiger charge is -2.15. The van der Waals surface area contributed by atoms with Crippen LogP contribution in [-0.4, -0.2) is 17.8 Å². The molecule has 0 saturated carbocycles. The van der Waals surface area contributed by atoms with Crippen LogP contribution >= 0.6 is 0 Å². The molecule has 27 heavy (non-hydrogen) atoms. The number of amides is 2. The summed E-state index contributed by atoms with van der Waals surface area (Å²) in [7, 11) is 0. The summed E-state index contributed by atoms with van der Waals surface area (Å²) in [6.45, 7) is 0. The van der Waals surface area contributed by atoms with Gasteiger partial charge in [0.2, 0.25) is 11.8 Å². The Balaban J connectivity index is 1.58. The van der Waals surface area contributed by atoms with Gasteiger partial charge in [-0.05, 0) is 37.1 Å². The van der Waals surface area contributed by atoms with Gasteiger partial charge in [0.05, 0.1) is 23.1 Å². The highest BCUT2D eigenvalue weighted by molar-refractivity contribution is 6.22. The Labute approximate surface area is 155 Å². The number of fused-ring (bicyclic) bond motifs is 1. The predicted octanol–water partition coefficient (Wildman–Crippen LogP) is 3.50. The summed E-state index contributed by atoms with van der Waals surface area (Å²) in [5.74, 6) is -2.56. The molecule has 4 rings (SSSR count). The van der Waals surface area contributed by atoms with Crippen LogP contribution in [0.1, 0.15) is 23.2 Å². The molecular weight excluding hydrogens is 349 g/mol. The highest BCUT2D eigenvalue weighted by Gasteiger charge is 2.47. The van der Waals surface area contributed by atoms with Crippen molar-refractivity contribution in [3.63, 3.8) is 0 Å². The summed E-state index contributed by atoms with van der Waals surface area (Å²) >= 11 is 0. The monoisotopic (exact) mass is 365 g/mol. The molecule has 136 valence electrons. The van der Waals surface area contributed by atoms with Crippen LogP contribution in [-0.2, 0) is 9.59 Å². The Bertz CT molecular complexity index is 942. The Morgan fingerprint density at radius 2 is 1.63 bits per heavy atom. The zero-order valence-electron chi connectivity index (χ0n) is 14.3. The fourth-order valence-corrected chi connectivity index (χ4v) is 3.53. The van der Waals surface area contributed by atoms with E-state index in [0.717, 1.165) is 4.90 Å². The topological polar surface area (TPSA) is 63.7 Å². The number of imide groups is 1. The van der Waals surface area contributed by atoms with Crippen LogP contribution in [0.2, 0.25) is 0 Å². The third kappa shape index (κ3) is 3.03. The van der Waals surface area contributed by atoms with Gasteiger partial charge >= 0.3 is 5.97 Å². The Morgan fingerprint density at radius 3 is 2.30 bits per heavy atom. The standard InChI is InChI=1S/C21H16FNO4/c22-18-11-4-3-10-17(18)21(26)27-14-7-5-6-13(12-14)23-19(24)15-8-1-2-9-16(15)20(23)25/h1-7,10-12,15-16H,8-9H2. The third-order valence-corrected chi connectivity index (χ3v) is 4.89. The number of hydrogen-bond acceptors (Lipinski definition) is 4. The van der Waals surface area contributed by atoms with Crippen LogP contribution < -0.4 is 9.64 Å². The van der Waals surface area contributed by atoms with Gasteiger partial charge in [0.1, 0.15) is 11.6 Å². The number of ether oxygens (including phenoxy) is 1. The maximum atomic E-state index is 13.7. The first kappa shape index (κ1) is 17.1. The number of nitrogens with zero attached hydrogens (tertiary/aromatic N) is 1. The average Bonchev–Trinajstić information content (AvgIpc) is 2.93. The minimum atomic E-state index is -0.845. The lowest BCUT2D eigenvalue weighted by Crippen LogP contribution is -2.30. The zero-order chi connectivity index (χ0) is 19.0. The normalized spacial score (nSPS) is 21.3. The van der Waals surface area contributed by atoms with Gasteiger partial charge in [-0.3, -0.25) is 9.59 Å². The number of benzene rings is 2. The van der Waals surface area contributed by atoms with Crippen LogP contribution in [0.5, 0.6) is 5.75 Å². The highest BCUT2D eigenvalue weighted by atomic mass is 19.1. The second-order valence-corrected chi connectivity index (χ2v) is 6.53. The molecule has 6 heteroatoms. The lowest BCUT2D eigenvalue weighted by molar-refractivity contribution is -0.122. The number of allylic oxidation sites excluding steroid dienone is 2. The number of halogens is 1. The predicted molar refractivity (Wildman–Crippen MR) is 95.6 cm³/mol. The van der Waals surface area contributed by atoms with Crippen molar-refractivity contribution in [2.24, 2.45) is 11.8 Å². The molecule has 1 saturated heterocycles. The van der Waals surface area contributed by atoms with Crippen LogP contribution in [0.4, 0.5) is 10.1 Å². The molecule has 5 nitrogen and oxygen atoms in total. The second-order valence-electron chi connectivity index (χ2n) is 6.53. The SMILES string of the molecule is O=C(Oc1cccc(N2C(=O)C3CC=CCC3C2=O)c1)c1ccccc1F. The first-order valence-corrected chi connectivity index (χ1v) is 8.66. The van der Waals surface area contributed by atoms with Crippen LogP contribution in [0, 0.1) is 17.7 Å². The Kier molecular flexibility index (Phi) is 4.32. The maximum absolute atomic E-state index is 13.7. The molecule has 1 heterocycles.